The molecule has 172 valence electrons. The molecule has 0 unspecified atom stereocenters. The Bertz CT molecular complexity index is 737. The second-order valence-corrected chi connectivity index (χ2v) is 8.61. The summed E-state index contributed by atoms with van der Waals surface area (Å²) in [5.41, 5.74) is 2.35. The second kappa shape index (κ2) is 11.9. The van der Waals surface area contributed by atoms with E-state index in [-0.39, 0.29) is 5.91 Å². The summed E-state index contributed by atoms with van der Waals surface area (Å²) in [4.78, 5) is 20.6. The first-order chi connectivity index (χ1) is 15.0. The molecule has 0 spiro atoms. The molecule has 0 aromatic heterocycles. The van der Waals surface area contributed by atoms with Crippen LogP contribution >= 0.6 is 0 Å². The van der Waals surface area contributed by atoms with Gasteiger partial charge in [0.1, 0.15) is 5.75 Å². The Balaban J connectivity index is 1.52. The van der Waals surface area contributed by atoms with Crippen molar-refractivity contribution in [1.82, 2.24) is 20.4 Å². The van der Waals surface area contributed by atoms with Crippen LogP contribution in [0.1, 0.15) is 50.7 Å². The highest BCUT2D eigenvalue weighted by atomic mass is 16.5. The molecular weight excluding hydrogens is 390 g/mol. The van der Waals surface area contributed by atoms with Gasteiger partial charge in [-0.15, -0.1) is 0 Å². The molecule has 1 heterocycles. The topological polar surface area (TPSA) is 69.2 Å². The molecular formula is C24H39N5O2. The molecule has 1 saturated heterocycles. The zero-order valence-corrected chi connectivity index (χ0v) is 19.5. The van der Waals surface area contributed by atoms with Gasteiger partial charge < -0.3 is 20.3 Å². The lowest BCUT2D eigenvalue weighted by Crippen LogP contribution is -2.50. The number of aryl methyl sites for hydroxylation is 1. The van der Waals surface area contributed by atoms with Gasteiger partial charge in [-0.1, -0.05) is 12.1 Å². The van der Waals surface area contributed by atoms with Crippen molar-refractivity contribution in [1.29, 1.82) is 0 Å². The highest BCUT2D eigenvalue weighted by Gasteiger charge is 2.19. The number of nitrogens with zero attached hydrogens (tertiary/aromatic N) is 3. The molecule has 0 bridgehead atoms. The molecule has 31 heavy (non-hydrogen) atoms. The maximum Gasteiger partial charge on any atom is 0.219 e. The number of piperazine rings is 1. The van der Waals surface area contributed by atoms with E-state index >= 15 is 0 Å². The largest absolute Gasteiger partial charge is 0.490 e. The first kappa shape index (κ1) is 23.4. The highest BCUT2D eigenvalue weighted by Crippen LogP contribution is 2.28. The van der Waals surface area contributed by atoms with E-state index < -0.39 is 0 Å². The zero-order valence-electron chi connectivity index (χ0n) is 19.5. The molecule has 7 heteroatoms. The predicted octanol–water partition coefficient (Wildman–Crippen LogP) is 2.54. The standard InChI is InChI=1S/C24H39N5O2/c1-4-25-24(26-11-12-28-13-15-29(16-14-28)20(3)30)27-18-21-10-9-19(2)17-23(21)31-22-7-5-6-8-22/h9-10,17,22H,4-8,11-16,18H2,1-3H3,(H2,25,26,27). The predicted molar refractivity (Wildman–Crippen MR) is 126 cm³/mol. The number of benzene rings is 1. The number of nitrogens with one attached hydrogen (secondary N) is 2. The van der Waals surface area contributed by atoms with Gasteiger partial charge in [-0.05, 0) is 51.2 Å². The van der Waals surface area contributed by atoms with Crippen molar-refractivity contribution in [2.75, 3.05) is 45.8 Å². The van der Waals surface area contributed by atoms with E-state index in [1.54, 1.807) is 6.92 Å². The Morgan fingerprint density at radius 3 is 2.58 bits per heavy atom. The van der Waals surface area contributed by atoms with E-state index in [4.69, 9.17) is 9.73 Å². The fourth-order valence-corrected chi connectivity index (χ4v) is 4.21. The van der Waals surface area contributed by atoms with Crippen LogP contribution in [-0.2, 0) is 11.3 Å². The van der Waals surface area contributed by atoms with Crippen LogP contribution in [0.25, 0.3) is 0 Å². The molecule has 7 nitrogen and oxygen atoms in total. The fraction of sp³-hybridized carbons (Fsp3) is 0.667. The first-order valence-electron chi connectivity index (χ1n) is 11.8. The number of rotatable bonds is 8. The number of ether oxygens (including phenoxy) is 1. The Morgan fingerprint density at radius 2 is 1.90 bits per heavy atom. The van der Waals surface area contributed by atoms with Gasteiger partial charge in [0.2, 0.25) is 5.91 Å². The molecule has 1 aliphatic heterocycles. The second-order valence-electron chi connectivity index (χ2n) is 8.61. The third-order valence-corrected chi connectivity index (χ3v) is 6.11. The number of hydrogen-bond acceptors (Lipinski definition) is 4. The van der Waals surface area contributed by atoms with Crippen LogP contribution in [-0.4, -0.2) is 73.6 Å². The van der Waals surface area contributed by atoms with E-state index in [0.717, 1.165) is 75.9 Å². The van der Waals surface area contributed by atoms with Crippen LogP contribution in [0.4, 0.5) is 0 Å². The number of carbonyl (C=O) groups is 1. The average molecular weight is 430 g/mol. The van der Waals surface area contributed by atoms with Gasteiger partial charge in [0, 0.05) is 58.3 Å². The van der Waals surface area contributed by atoms with Crippen LogP contribution in [0.2, 0.25) is 0 Å². The van der Waals surface area contributed by atoms with Crippen molar-refractivity contribution >= 4 is 11.9 Å². The summed E-state index contributed by atoms with van der Waals surface area (Å²) in [6, 6.07) is 6.42. The summed E-state index contributed by atoms with van der Waals surface area (Å²) < 4.78 is 6.32. The minimum absolute atomic E-state index is 0.173. The molecule has 1 amide bonds. The zero-order chi connectivity index (χ0) is 22.1. The van der Waals surface area contributed by atoms with Gasteiger partial charge in [0.05, 0.1) is 12.6 Å². The van der Waals surface area contributed by atoms with Crippen molar-refractivity contribution in [3.05, 3.63) is 29.3 Å². The van der Waals surface area contributed by atoms with E-state index in [2.05, 4.69) is 47.6 Å². The monoisotopic (exact) mass is 429 g/mol. The molecule has 0 radical (unpaired) electrons. The highest BCUT2D eigenvalue weighted by molar-refractivity contribution is 5.79. The maximum absolute atomic E-state index is 11.5. The maximum atomic E-state index is 11.5. The Labute approximate surface area is 187 Å². The number of aliphatic imine (C=N–C) groups is 1. The summed E-state index contributed by atoms with van der Waals surface area (Å²) in [7, 11) is 0. The quantitative estimate of drug-likeness (QED) is 0.491. The Hall–Kier alpha value is -2.28. The smallest absolute Gasteiger partial charge is 0.219 e. The number of amides is 1. The fourth-order valence-electron chi connectivity index (χ4n) is 4.21. The van der Waals surface area contributed by atoms with Crippen LogP contribution in [0.5, 0.6) is 5.75 Å². The molecule has 2 aliphatic rings. The number of guanidine groups is 1. The lowest BCUT2D eigenvalue weighted by atomic mass is 10.1. The van der Waals surface area contributed by atoms with Crippen LogP contribution < -0.4 is 15.4 Å². The molecule has 2 fully saturated rings. The minimum Gasteiger partial charge on any atom is -0.490 e. The van der Waals surface area contributed by atoms with Crippen molar-refractivity contribution in [2.45, 2.75) is 59.1 Å². The molecule has 2 N–H and O–H groups in total. The van der Waals surface area contributed by atoms with E-state index in [1.807, 2.05) is 4.90 Å². The lowest BCUT2D eigenvalue weighted by Gasteiger charge is -2.34. The van der Waals surface area contributed by atoms with Crippen molar-refractivity contribution < 1.29 is 9.53 Å². The normalized spacial score (nSPS) is 18.3. The molecule has 1 saturated carbocycles. The molecule has 0 atom stereocenters. The SMILES string of the molecule is CCNC(=NCc1ccc(C)cc1OC1CCCC1)NCCN1CCN(C(C)=O)CC1. The summed E-state index contributed by atoms with van der Waals surface area (Å²) in [6.07, 6.45) is 5.19. The third-order valence-electron chi connectivity index (χ3n) is 6.11. The van der Waals surface area contributed by atoms with Gasteiger partial charge in [-0.3, -0.25) is 9.69 Å². The molecule has 1 aliphatic carbocycles. The van der Waals surface area contributed by atoms with Gasteiger partial charge >= 0.3 is 0 Å². The van der Waals surface area contributed by atoms with E-state index in [0.29, 0.717) is 12.6 Å². The Morgan fingerprint density at radius 1 is 1.16 bits per heavy atom. The lowest BCUT2D eigenvalue weighted by molar-refractivity contribution is -0.130. The van der Waals surface area contributed by atoms with Crippen LogP contribution in [0.3, 0.4) is 0 Å². The molecule has 3 rings (SSSR count). The summed E-state index contributed by atoms with van der Waals surface area (Å²) in [5, 5.41) is 6.80. The summed E-state index contributed by atoms with van der Waals surface area (Å²) in [5.74, 6) is 1.99. The van der Waals surface area contributed by atoms with Crippen molar-refractivity contribution in [2.24, 2.45) is 4.99 Å². The average Bonchev–Trinajstić information content (AvgIpc) is 3.26. The van der Waals surface area contributed by atoms with E-state index in [9.17, 15) is 4.79 Å². The third kappa shape index (κ3) is 7.42. The van der Waals surface area contributed by atoms with Gasteiger partial charge in [0.15, 0.2) is 5.96 Å². The van der Waals surface area contributed by atoms with Gasteiger partial charge in [-0.2, -0.15) is 0 Å². The summed E-state index contributed by atoms with van der Waals surface area (Å²) >= 11 is 0. The minimum atomic E-state index is 0.173. The Kier molecular flexibility index (Phi) is 9.00. The van der Waals surface area contributed by atoms with Crippen LogP contribution in [0.15, 0.2) is 23.2 Å². The summed E-state index contributed by atoms with van der Waals surface area (Å²) in [6.45, 7) is 12.5. The molecule has 1 aromatic carbocycles. The van der Waals surface area contributed by atoms with Crippen molar-refractivity contribution in [3.63, 3.8) is 0 Å². The van der Waals surface area contributed by atoms with Gasteiger partial charge in [0.25, 0.3) is 0 Å². The number of carbonyl (C=O) groups excluding carboxylic acids is 1. The first-order valence-corrected chi connectivity index (χ1v) is 11.8. The van der Waals surface area contributed by atoms with Crippen LogP contribution in [0, 0.1) is 6.92 Å². The molecule has 1 aromatic rings. The number of hydrogen-bond donors (Lipinski definition) is 2. The van der Waals surface area contributed by atoms with E-state index in [1.165, 1.54) is 18.4 Å². The van der Waals surface area contributed by atoms with Crippen molar-refractivity contribution in [3.8, 4) is 5.75 Å². The van der Waals surface area contributed by atoms with Gasteiger partial charge in [-0.25, -0.2) is 4.99 Å².